The summed E-state index contributed by atoms with van der Waals surface area (Å²) in [6, 6.07) is 12.8. The van der Waals surface area contributed by atoms with E-state index >= 15 is 0 Å². The number of H-pyrrole nitrogens is 1. The van der Waals surface area contributed by atoms with Crippen molar-refractivity contribution in [2.24, 2.45) is 0 Å². The molecule has 0 unspecified atom stereocenters. The number of hydrogen-bond acceptors (Lipinski definition) is 2. The van der Waals surface area contributed by atoms with E-state index in [0.717, 1.165) is 16.6 Å². The van der Waals surface area contributed by atoms with E-state index in [1.807, 2.05) is 24.3 Å². The third-order valence-corrected chi connectivity index (χ3v) is 4.59. The Morgan fingerprint density at radius 2 is 1.81 bits per heavy atom. The van der Waals surface area contributed by atoms with Gasteiger partial charge in [-0.2, -0.15) is 0 Å². The molecular formula is C21H21ClN2O2. The largest absolute Gasteiger partial charge is 0.360 e. The molecular weight excluding hydrogens is 348 g/mol. The van der Waals surface area contributed by atoms with E-state index in [-0.39, 0.29) is 16.4 Å². The molecule has 0 aliphatic heterocycles. The van der Waals surface area contributed by atoms with Crippen LogP contribution in [0, 0.1) is 0 Å². The zero-order valence-electron chi connectivity index (χ0n) is 15.0. The molecule has 0 saturated heterocycles. The van der Waals surface area contributed by atoms with E-state index in [0.29, 0.717) is 17.0 Å². The summed E-state index contributed by atoms with van der Waals surface area (Å²) in [6.07, 6.45) is 1.50. The van der Waals surface area contributed by atoms with Crippen LogP contribution < -0.4 is 10.7 Å². The summed E-state index contributed by atoms with van der Waals surface area (Å²) in [5.74, 6) is -0.399. The number of pyridine rings is 1. The molecule has 0 aliphatic carbocycles. The highest BCUT2D eigenvalue weighted by atomic mass is 35.5. The van der Waals surface area contributed by atoms with Crippen molar-refractivity contribution in [2.75, 3.05) is 0 Å². The Hall–Kier alpha value is -2.59. The van der Waals surface area contributed by atoms with Gasteiger partial charge in [-0.3, -0.25) is 9.59 Å². The zero-order chi connectivity index (χ0) is 18.9. The molecule has 134 valence electrons. The summed E-state index contributed by atoms with van der Waals surface area (Å²) in [4.78, 5) is 28.4. The number of aromatic amines is 1. The smallest absolute Gasteiger partial charge is 0.257 e. The third-order valence-electron chi connectivity index (χ3n) is 4.33. The molecule has 0 aliphatic rings. The average molecular weight is 369 g/mol. The van der Waals surface area contributed by atoms with Crippen molar-refractivity contribution in [3.63, 3.8) is 0 Å². The molecule has 0 fully saturated rings. The molecule has 26 heavy (non-hydrogen) atoms. The van der Waals surface area contributed by atoms with Gasteiger partial charge in [-0.15, -0.1) is 0 Å². The molecule has 0 radical (unpaired) electrons. The SMILES string of the molecule is CC(C)(C)c1cccc2c(=O)c(C(=O)NCc3ccc(Cl)cc3)c[nH]c12. The number of halogens is 1. The number of amides is 1. The first kappa shape index (κ1) is 18.2. The maximum absolute atomic E-state index is 12.8. The topological polar surface area (TPSA) is 62.0 Å². The van der Waals surface area contributed by atoms with Crippen molar-refractivity contribution >= 4 is 28.4 Å². The van der Waals surface area contributed by atoms with E-state index in [9.17, 15) is 9.59 Å². The lowest BCUT2D eigenvalue weighted by Gasteiger charge is -2.21. The van der Waals surface area contributed by atoms with Gasteiger partial charge in [0.25, 0.3) is 5.91 Å². The van der Waals surface area contributed by atoms with Gasteiger partial charge in [0, 0.05) is 23.2 Å². The third kappa shape index (κ3) is 3.65. The number of para-hydroxylation sites is 1. The van der Waals surface area contributed by atoms with Gasteiger partial charge in [0.1, 0.15) is 5.56 Å². The highest BCUT2D eigenvalue weighted by Crippen LogP contribution is 2.27. The van der Waals surface area contributed by atoms with Crippen LogP contribution >= 0.6 is 11.6 Å². The Balaban J connectivity index is 1.91. The predicted octanol–water partition coefficient (Wildman–Crippen LogP) is 4.41. The minimum Gasteiger partial charge on any atom is -0.360 e. The summed E-state index contributed by atoms with van der Waals surface area (Å²) in [5.41, 5.74) is 2.46. The Bertz CT molecular complexity index is 1010. The fourth-order valence-electron chi connectivity index (χ4n) is 2.93. The Labute approximate surface area is 157 Å². The number of carbonyl (C=O) groups excluding carboxylic acids is 1. The first-order valence-corrected chi connectivity index (χ1v) is 8.83. The van der Waals surface area contributed by atoms with Crippen LogP contribution in [-0.4, -0.2) is 10.9 Å². The number of carbonyl (C=O) groups is 1. The van der Waals surface area contributed by atoms with Crippen LogP contribution in [0.5, 0.6) is 0 Å². The van der Waals surface area contributed by atoms with Gasteiger partial charge in [-0.1, -0.05) is 56.6 Å². The van der Waals surface area contributed by atoms with Gasteiger partial charge in [0.2, 0.25) is 5.43 Å². The number of fused-ring (bicyclic) bond motifs is 1. The van der Waals surface area contributed by atoms with E-state index in [1.165, 1.54) is 6.20 Å². The van der Waals surface area contributed by atoms with Crippen LogP contribution in [0.25, 0.3) is 10.9 Å². The van der Waals surface area contributed by atoms with E-state index in [2.05, 4.69) is 31.1 Å². The normalized spacial score (nSPS) is 11.5. The van der Waals surface area contributed by atoms with Crippen molar-refractivity contribution in [3.8, 4) is 0 Å². The van der Waals surface area contributed by atoms with Crippen LogP contribution in [0.15, 0.2) is 53.5 Å². The molecule has 1 aromatic heterocycles. The van der Waals surface area contributed by atoms with Gasteiger partial charge >= 0.3 is 0 Å². The molecule has 4 nitrogen and oxygen atoms in total. The molecule has 1 amide bonds. The fourth-order valence-corrected chi connectivity index (χ4v) is 3.05. The lowest BCUT2D eigenvalue weighted by molar-refractivity contribution is 0.0949. The maximum Gasteiger partial charge on any atom is 0.257 e. The van der Waals surface area contributed by atoms with E-state index in [1.54, 1.807) is 18.2 Å². The average Bonchev–Trinajstić information content (AvgIpc) is 2.60. The molecule has 2 N–H and O–H groups in total. The second-order valence-corrected chi connectivity index (χ2v) is 7.76. The lowest BCUT2D eigenvalue weighted by atomic mass is 9.85. The summed E-state index contributed by atoms with van der Waals surface area (Å²) in [5, 5.41) is 3.95. The Morgan fingerprint density at radius 3 is 2.46 bits per heavy atom. The summed E-state index contributed by atoms with van der Waals surface area (Å²) < 4.78 is 0. The fraction of sp³-hybridized carbons (Fsp3) is 0.238. The molecule has 3 rings (SSSR count). The van der Waals surface area contributed by atoms with Crippen LogP contribution in [0.1, 0.15) is 42.3 Å². The molecule has 3 aromatic rings. The Morgan fingerprint density at radius 1 is 1.12 bits per heavy atom. The molecule has 2 aromatic carbocycles. The van der Waals surface area contributed by atoms with E-state index in [4.69, 9.17) is 11.6 Å². The van der Waals surface area contributed by atoms with Crippen LogP contribution in [0.3, 0.4) is 0 Å². The molecule has 5 heteroatoms. The molecule has 1 heterocycles. The first-order valence-electron chi connectivity index (χ1n) is 8.45. The van der Waals surface area contributed by atoms with Crippen LogP contribution in [0.4, 0.5) is 0 Å². The molecule has 0 atom stereocenters. The number of rotatable bonds is 3. The van der Waals surface area contributed by atoms with E-state index < -0.39 is 5.91 Å². The van der Waals surface area contributed by atoms with Crippen molar-refractivity contribution in [1.82, 2.24) is 10.3 Å². The van der Waals surface area contributed by atoms with Crippen molar-refractivity contribution in [2.45, 2.75) is 32.7 Å². The predicted molar refractivity (Wildman–Crippen MR) is 106 cm³/mol. The summed E-state index contributed by atoms with van der Waals surface area (Å²) in [7, 11) is 0. The number of aromatic nitrogens is 1. The van der Waals surface area contributed by atoms with Gasteiger partial charge < -0.3 is 10.3 Å². The zero-order valence-corrected chi connectivity index (χ0v) is 15.8. The van der Waals surface area contributed by atoms with Gasteiger partial charge in [-0.25, -0.2) is 0 Å². The highest BCUT2D eigenvalue weighted by Gasteiger charge is 2.20. The quantitative estimate of drug-likeness (QED) is 0.719. The standard InChI is InChI=1S/C21H21ClN2O2/c1-21(2,3)17-6-4-5-15-18(17)23-12-16(19(15)25)20(26)24-11-13-7-9-14(22)10-8-13/h4-10,12H,11H2,1-3H3,(H,23,25)(H,24,26). The number of benzene rings is 2. The second kappa shape index (κ2) is 6.96. The Kier molecular flexibility index (Phi) is 4.88. The van der Waals surface area contributed by atoms with Crippen molar-refractivity contribution in [1.29, 1.82) is 0 Å². The van der Waals surface area contributed by atoms with Crippen LogP contribution in [-0.2, 0) is 12.0 Å². The molecule has 0 spiro atoms. The minimum atomic E-state index is -0.399. The lowest BCUT2D eigenvalue weighted by Crippen LogP contribution is -2.28. The van der Waals surface area contributed by atoms with Gasteiger partial charge in [0.15, 0.2) is 0 Å². The van der Waals surface area contributed by atoms with Crippen molar-refractivity contribution in [3.05, 3.63) is 80.6 Å². The first-order chi connectivity index (χ1) is 12.3. The molecule has 0 bridgehead atoms. The summed E-state index contributed by atoms with van der Waals surface area (Å²) in [6.45, 7) is 6.60. The number of nitrogens with one attached hydrogen (secondary N) is 2. The van der Waals surface area contributed by atoms with Gasteiger partial charge in [0.05, 0.1) is 5.52 Å². The van der Waals surface area contributed by atoms with Crippen molar-refractivity contribution < 1.29 is 4.79 Å². The summed E-state index contributed by atoms with van der Waals surface area (Å²) >= 11 is 5.86. The second-order valence-electron chi connectivity index (χ2n) is 7.32. The minimum absolute atomic E-state index is 0.109. The van der Waals surface area contributed by atoms with Crippen LogP contribution in [0.2, 0.25) is 5.02 Å². The number of hydrogen-bond donors (Lipinski definition) is 2. The highest BCUT2D eigenvalue weighted by molar-refractivity contribution is 6.30. The monoisotopic (exact) mass is 368 g/mol. The van der Waals surface area contributed by atoms with Gasteiger partial charge in [-0.05, 0) is 34.7 Å². The molecule has 0 saturated carbocycles. The maximum atomic E-state index is 12.8.